The summed E-state index contributed by atoms with van der Waals surface area (Å²) in [7, 11) is 0. The van der Waals surface area contributed by atoms with Crippen LogP contribution in [0.15, 0.2) is 18.2 Å². The number of hydrogen-bond acceptors (Lipinski definition) is 1. The van der Waals surface area contributed by atoms with Gasteiger partial charge in [0.2, 0.25) is 0 Å². The quantitative estimate of drug-likeness (QED) is 0.729. The van der Waals surface area contributed by atoms with Crippen LogP contribution in [0, 0.1) is 6.92 Å². The Hall–Kier alpha value is -0.540. The predicted molar refractivity (Wildman–Crippen MR) is 69.4 cm³/mol. The van der Waals surface area contributed by atoms with Gasteiger partial charge in [0.25, 0.3) is 5.91 Å². The maximum absolute atomic E-state index is 12.2. The summed E-state index contributed by atoms with van der Waals surface area (Å²) in [5.41, 5.74) is 1.70. The smallest absolute Gasteiger partial charge is 0.254 e. The van der Waals surface area contributed by atoms with E-state index in [1.165, 1.54) is 0 Å². The second-order valence-electron chi connectivity index (χ2n) is 4.10. The number of likely N-dealkylation sites (tertiary alicyclic amines) is 1. The molecule has 1 heterocycles. The Bertz CT molecular complexity index is 421. The highest BCUT2D eigenvalue weighted by Crippen LogP contribution is 2.22. The first-order valence-electron chi connectivity index (χ1n) is 5.27. The van der Waals surface area contributed by atoms with Gasteiger partial charge in [-0.25, -0.2) is 0 Å². The van der Waals surface area contributed by atoms with Gasteiger partial charge in [-0.3, -0.25) is 4.79 Å². The Kier molecular flexibility index (Phi) is 3.55. The summed E-state index contributed by atoms with van der Waals surface area (Å²) in [4.78, 5) is 14.5. The average Bonchev–Trinajstić information content (AvgIpc) is 2.67. The van der Waals surface area contributed by atoms with Gasteiger partial charge in [0.15, 0.2) is 0 Å². The molecule has 1 aromatic rings. The molecule has 1 aromatic carbocycles. The molecule has 0 saturated carbocycles. The van der Waals surface area contributed by atoms with Gasteiger partial charge in [-0.1, -0.05) is 33.6 Å². The molecule has 0 radical (unpaired) electrons. The van der Waals surface area contributed by atoms with Crippen LogP contribution >= 0.6 is 27.5 Å². The maximum Gasteiger partial charge on any atom is 0.254 e. The first-order valence-corrected chi connectivity index (χ1v) is 6.57. The number of nitrogens with zero attached hydrogens (tertiary/aromatic N) is 1. The van der Waals surface area contributed by atoms with Crippen molar-refractivity contribution in [1.82, 2.24) is 4.90 Å². The van der Waals surface area contributed by atoms with E-state index in [0.29, 0.717) is 15.4 Å². The standard InChI is InChI=1S/C12H13BrClNO/c1-8-2-3-10(14)6-11(8)12(16)15-5-4-9(13)7-15/h2-3,6,9H,4-5,7H2,1H3. The van der Waals surface area contributed by atoms with E-state index in [2.05, 4.69) is 15.9 Å². The molecule has 1 fully saturated rings. The van der Waals surface area contributed by atoms with E-state index < -0.39 is 0 Å². The van der Waals surface area contributed by atoms with Crippen LogP contribution in [-0.4, -0.2) is 28.7 Å². The summed E-state index contributed by atoms with van der Waals surface area (Å²) < 4.78 is 0. The van der Waals surface area contributed by atoms with Crippen molar-refractivity contribution in [2.24, 2.45) is 0 Å². The van der Waals surface area contributed by atoms with Gasteiger partial charge in [-0.2, -0.15) is 0 Å². The molecule has 1 aliphatic heterocycles. The number of amides is 1. The molecule has 0 spiro atoms. The predicted octanol–water partition coefficient (Wildman–Crippen LogP) is 3.26. The number of carbonyl (C=O) groups excluding carboxylic acids is 1. The van der Waals surface area contributed by atoms with Gasteiger partial charge in [-0.15, -0.1) is 0 Å². The van der Waals surface area contributed by atoms with E-state index in [4.69, 9.17) is 11.6 Å². The Balaban J connectivity index is 2.23. The van der Waals surface area contributed by atoms with E-state index in [0.717, 1.165) is 25.1 Å². The van der Waals surface area contributed by atoms with E-state index in [1.54, 1.807) is 6.07 Å². The van der Waals surface area contributed by atoms with Crippen LogP contribution in [0.1, 0.15) is 22.3 Å². The van der Waals surface area contributed by atoms with Gasteiger partial charge >= 0.3 is 0 Å². The molecule has 1 amide bonds. The van der Waals surface area contributed by atoms with Crippen LogP contribution in [0.25, 0.3) is 0 Å². The highest BCUT2D eigenvalue weighted by molar-refractivity contribution is 9.09. The lowest BCUT2D eigenvalue weighted by Gasteiger charge is -2.17. The summed E-state index contributed by atoms with van der Waals surface area (Å²) >= 11 is 9.45. The van der Waals surface area contributed by atoms with Crippen molar-refractivity contribution in [3.63, 3.8) is 0 Å². The molecule has 4 heteroatoms. The van der Waals surface area contributed by atoms with E-state index >= 15 is 0 Å². The molecule has 0 aromatic heterocycles. The van der Waals surface area contributed by atoms with Crippen LogP contribution in [0.5, 0.6) is 0 Å². The normalized spacial score (nSPS) is 20.2. The highest BCUT2D eigenvalue weighted by atomic mass is 79.9. The number of alkyl halides is 1. The molecule has 1 aliphatic rings. The summed E-state index contributed by atoms with van der Waals surface area (Å²) in [6.07, 6.45) is 1.02. The molecule has 2 nitrogen and oxygen atoms in total. The van der Waals surface area contributed by atoms with Crippen molar-refractivity contribution in [3.8, 4) is 0 Å². The monoisotopic (exact) mass is 301 g/mol. The summed E-state index contributed by atoms with van der Waals surface area (Å²) in [6, 6.07) is 5.45. The van der Waals surface area contributed by atoms with Crippen molar-refractivity contribution in [2.45, 2.75) is 18.2 Å². The Morgan fingerprint density at radius 3 is 2.94 bits per heavy atom. The zero-order valence-electron chi connectivity index (χ0n) is 9.04. The maximum atomic E-state index is 12.2. The van der Waals surface area contributed by atoms with Gasteiger partial charge in [0, 0.05) is 28.5 Å². The lowest BCUT2D eigenvalue weighted by molar-refractivity contribution is 0.0793. The van der Waals surface area contributed by atoms with Crippen LogP contribution in [0.4, 0.5) is 0 Å². The van der Waals surface area contributed by atoms with Crippen molar-refractivity contribution in [3.05, 3.63) is 34.3 Å². The van der Waals surface area contributed by atoms with Crippen molar-refractivity contribution in [1.29, 1.82) is 0 Å². The van der Waals surface area contributed by atoms with E-state index in [9.17, 15) is 4.79 Å². The zero-order chi connectivity index (χ0) is 11.7. The minimum absolute atomic E-state index is 0.0851. The second kappa shape index (κ2) is 4.76. The topological polar surface area (TPSA) is 20.3 Å². The average molecular weight is 303 g/mol. The minimum atomic E-state index is 0.0851. The van der Waals surface area contributed by atoms with Crippen LogP contribution < -0.4 is 0 Å². The summed E-state index contributed by atoms with van der Waals surface area (Å²) in [6.45, 7) is 3.54. The van der Waals surface area contributed by atoms with Crippen LogP contribution in [0.2, 0.25) is 5.02 Å². The number of benzene rings is 1. The lowest BCUT2D eigenvalue weighted by atomic mass is 10.1. The molecule has 1 unspecified atom stereocenters. The minimum Gasteiger partial charge on any atom is -0.337 e. The lowest BCUT2D eigenvalue weighted by Crippen LogP contribution is -2.29. The Morgan fingerprint density at radius 2 is 2.31 bits per heavy atom. The van der Waals surface area contributed by atoms with Gasteiger partial charge in [0.05, 0.1) is 0 Å². The van der Waals surface area contributed by atoms with Crippen LogP contribution in [0.3, 0.4) is 0 Å². The van der Waals surface area contributed by atoms with Crippen molar-refractivity contribution in [2.75, 3.05) is 13.1 Å². The molecule has 1 saturated heterocycles. The third-order valence-electron chi connectivity index (χ3n) is 2.85. The van der Waals surface area contributed by atoms with Gasteiger partial charge in [0.1, 0.15) is 0 Å². The molecule has 0 N–H and O–H groups in total. The fourth-order valence-electron chi connectivity index (χ4n) is 1.90. The molecule has 16 heavy (non-hydrogen) atoms. The summed E-state index contributed by atoms with van der Waals surface area (Å²) in [5.74, 6) is 0.0851. The zero-order valence-corrected chi connectivity index (χ0v) is 11.4. The van der Waals surface area contributed by atoms with Crippen LogP contribution in [-0.2, 0) is 0 Å². The Labute approximate surface area is 109 Å². The van der Waals surface area contributed by atoms with Crippen molar-refractivity contribution >= 4 is 33.4 Å². The van der Waals surface area contributed by atoms with Gasteiger partial charge in [-0.05, 0) is 31.0 Å². The number of carbonyl (C=O) groups is 1. The third-order valence-corrected chi connectivity index (χ3v) is 3.83. The Morgan fingerprint density at radius 1 is 1.56 bits per heavy atom. The largest absolute Gasteiger partial charge is 0.337 e. The van der Waals surface area contributed by atoms with Gasteiger partial charge < -0.3 is 4.90 Å². The molecule has 2 rings (SSSR count). The molecule has 1 atom stereocenters. The number of rotatable bonds is 1. The summed E-state index contributed by atoms with van der Waals surface area (Å²) in [5, 5.41) is 0.614. The first-order chi connectivity index (χ1) is 7.58. The number of halogens is 2. The van der Waals surface area contributed by atoms with Crippen molar-refractivity contribution < 1.29 is 4.79 Å². The van der Waals surface area contributed by atoms with E-state index in [1.807, 2.05) is 24.0 Å². The van der Waals surface area contributed by atoms with E-state index in [-0.39, 0.29) is 5.91 Å². The fraction of sp³-hybridized carbons (Fsp3) is 0.417. The third kappa shape index (κ3) is 2.41. The molecule has 0 bridgehead atoms. The molecule has 0 aliphatic carbocycles. The second-order valence-corrected chi connectivity index (χ2v) is 5.83. The first kappa shape index (κ1) is 11.9. The fourth-order valence-corrected chi connectivity index (χ4v) is 2.62. The molecular weight excluding hydrogens is 289 g/mol. The molecule has 86 valence electrons. The molecular formula is C12H13BrClNO. The number of aryl methyl sites for hydroxylation is 1. The highest BCUT2D eigenvalue weighted by Gasteiger charge is 2.25. The SMILES string of the molecule is Cc1ccc(Cl)cc1C(=O)N1CCC(Br)C1. The number of hydrogen-bond donors (Lipinski definition) is 0.